The molecule has 0 radical (unpaired) electrons. The highest BCUT2D eigenvalue weighted by atomic mass is 32.1. The molecule has 0 aromatic heterocycles. The van der Waals surface area contributed by atoms with E-state index in [0.29, 0.717) is 11.2 Å². The van der Waals surface area contributed by atoms with E-state index in [4.69, 9.17) is 12.2 Å². The fourth-order valence-corrected chi connectivity index (χ4v) is 3.27. The van der Waals surface area contributed by atoms with Crippen LogP contribution in [0.5, 0.6) is 0 Å². The fourth-order valence-electron chi connectivity index (χ4n) is 3.06. The highest BCUT2D eigenvalue weighted by Gasteiger charge is 2.19. The summed E-state index contributed by atoms with van der Waals surface area (Å²) < 4.78 is 26.4. The smallest absolute Gasteiger partial charge is 0.170 e. The van der Waals surface area contributed by atoms with Crippen molar-refractivity contribution in [3.05, 3.63) is 29.8 Å². The predicted molar refractivity (Wildman–Crippen MR) is 94.7 cm³/mol. The lowest BCUT2D eigenvalue weighted by atomic mass is 10.00. The van der Waals surface area contributed by atoms with E-state index < -0.39 is 11.6 Å². The second-order valence-corrected chi connectivity index (χ2v) is 6.36. The third kappa shape index (κ3) is 5.70. The molecule has 6 heteroatoms. The van der Waals surface area contributed by atoms with Crippen molar-refractivity contribution < 1.29 is 8.78 Å². The Labute approximate surface area is 142 Å². The molecule has 1 heterocycles. The van der Waals surface area contributed by atoms with Gasteiger partial charge in [-0.3, -0.25) is 0 Å². The van der Waals surface area contributed by atoms with Crippen LogP contribution in [0.3, 0.4) is 0 Å². The SMILES string of the molecule is CCC1CCCCN1CCCNC(=S)Nc1ccc(F)cc1F. The average molecular weight is 341 g/mol. The second kappa shape index (κ2) is 9.13. The number of likely N-dealkylation sites (tertiary alicyclic amines) is 1. The number of hydrogen-bond acceptors (Lipinski definition) is 2. The number of anilines is 1. The van der Waals surface area contributed by atoms with Crippen LogP contribution in [0.15, 0.2) is 18.2 Å². The molecule has 2 rings (SSSR count). The van der Waals surface area contributed by atoms with Gasteiger partial charge in [0.1, 0.15) is 11.6 Å². The summed E-state index contributed by atoms with van der Waals surface area (Å²) in [4.78, 5) is 2.56. The van der Waals surface area contributed by atoms with E-state index in [2.05, 4.69) is 22.5 Å². The van der Waals surface area contributed by atoms with Crippen LogP contribution >= 0.6 is 12.2 Å². The first-order valence-electron chi connectivity index (χ1n) is 8.34. The van der Waals surface area contributed by atoms with E-state index in [1.54, 1.807) is 0 Å². The van der Waals surface area contributed by atoms with Crippen molar-refractivity contribution in [2.24, 2.45) is 0 Å². The summed E-state index contributed by atoms with van der Waals surface area (Å²) in [6.45, 7) is 5.22. The van der Waals surface area contributed by atoms with Crippen molar-refractivity contribution in [3.8, 4) is 0 Å². The Bertz CT molecular complexity index is 525. The molecular weight excluding hydrogens is 316 g/mol. The van der Waals surface area contributed by atoms with Gasteiger partial charge in [-0.25, -0.2) is 8.78 Å². The molecule has 0 aliphatic carbocycles. The third-order valence-corrected chi connectivity index (χ3v) is 4.55. The van der Waals surface area contributed by atoms with Crippen LogP contribution in [0.1, 0.15) is 39.0 Å². The lowest BCUT2D eigenvalue weighted by molar-refractivity contribution is 0.143. The standard InChI is InChI=1S/C17H25F2N3S/c1-2-14-6-3-4-10-22(14)11-5-9-20-17(23)21-16-8-7-13(18)12-15(16)19/h7-8,12,14H,2-6,9-11H2,1H3,(H2,20,21,23). The van der Waals surface area contributed by atoms with Gasteiger partial charge in [-0.2, -0.15) is 0 Å². The number of hydrogen-bond donors (Lipinski definition) is 2. The number of piperidine rings is 1. The van der Waals surface area contributed by atoms with Gasteiger partial charge in [0.25, 0.3) is 0 Å². The monoisotopic (exact) mass is 341 g/mol. The molecule has 0 bridgehead atoms. The van der Waals surface area contributed by atoms with E-state index in [1.807, 2.05) is 0 Å². The van der Waals surface area contributed by atoms with Gasteiger partial charge in [0.15, 0.2) is 5.11 Å². The first kappa shape index (κ1) is 18.1. The van der Waals surface area contributed by atoms with Crippen LogP contribution in [0.4, 0.5) is 14.5 Å². The summed E-state index contributed by atoms with van der Waals surface area (Å²) in [5.74, 6) is -1.24. The largest absolute Gasteiger partial charge is 0.362 e. The minimum absolute atomic E-state index is 0.186. The molecule has 1 aromatic rings. The minimum Gasteiger partial charge on any atom is -0.362 e. The third-order valence-electron chi connectivity index (χ3n) is 4.31. The molecule has 1 unspecified atom stereocenters. The maximum atomic E-state index is 13.5. The Morgan fingerprint density at radius 1 is 1.35 bits per heavy atom. The molecular formula is C17H25F2N3S. The van der Waals surface area contributed by atoms with Gasteiger partial charge in [-0.15, -0.1) is 0 Å². The Hall–Kier alpha value is -1.27. The van der Waals surface area contributed by atoms with Gasteiger partial charge < -0.3 is 15.5 Å². The van der Waals surface area contributed by atoms with E-state index in [-0.39, 0.29) is 5.69 Å². The van der Waals surface area contributed by atoms with Gasteiger partial charge >= 0.3 is 0 Å². The molecule has 1 atom stereocenters. The molecule has 2 N–H and O–H groups in total. The lowest BCUT2D eigenvalue weighted by Crippen LogP contribution is -2.41. The molecule has 1 fully saturated rings. The van der Waals surface area contributed by atoms with E-state index in [0.717, 1.165) is 25.6 Å². The molecule has 128 valence electrons. The van der Waals surface area contributed by atoms with Crippen LogP contribution < -0.4 is 10.6 Å². The topological polar surface area (TPSA) is 27.3 Å². The Kier molecular flexibility index (Phi) is 7.17. The van der Waals surface area contributed by atoms with Crippen molar-refractivity contribution in [3.63, 3.8) is 0 Å². The van der Waals surface area contributed by atoms with E-state index in [1.165, 1.54) is 44.4 Å². The van der Waals surface area contributed by atoms with Gasteiger partial charge in [-0.05, 0) is 56.6 Å². The predicted octanol–water partition coefficient (Wildman–Crippen LogP) is 3.91. The second-order valence-electron chi connectivity index (χ2n) is 5.95. The molecule has 0 spiro atoms. The number of nitrogens with one attached hydrogen (secondary N) is 2. The normalized spacial score (nSPS) is 18.7. The summed E-state index contributed by atoms with van der Waals surface area (Å²) in [5, 5.41) is 6.20. The highest BCUT2D eigenvalue weighted by Crippen LogP contribution is 2.19. The molecule has 1 saturated heterocycles. The average Bonchev–Trinajstić information content (AvgIpc) is 2.54. The Balaban J connectivity index is 1.68. The molecule has 23 heavy (non-hydrogen) atoms. The number of rotatable bonds is 6. The van der Waals surface area contributed by atoms with Gasteiger partial charge in [-0.1, -0.05) is 13.3 Å². The first-order valence-corrected chi connectivity index (χ1v) is 8.75. The van der Waals surface area contributed by atoms with Gasteiger partial charge in [0.2, 0.25) is 0 Å². The number of halogens is 2. The van der Waals surface area contributed by atoms with Crippen molar-refractivity contribution in [2.75, 3.05) is 25.0 Å². The summed E-state index contributed by atoms with van der Waals surface area (Å²) >= 11 is 5.15. The van der Waals surface area contributed by atoms with Crippen LogP contribution in [0, 0.1) is 11.6 Å². The molecule has 1 aliphatic rings. The number of thiocarbonyl (C=S) groups is 1. The van der Waals surface area contributed by atoms with Crippen LogP contribution in [-0.4, -0.2) is 35.7 Å². The zero-order chi connectivity index (χ0) is 16.7. The molecule has 0 saturated carbocycles. The summed E-state index contributed by atoms with van der Waals surface area (Å²) in [7, 11) is 0. The zero-order valence-corrected chi connectivity index (χ0v) is 14.4. The molecule has 3 nitrogen and oxygen atoms in total. The summed E-state index contributed by atoms with van der Waals surface area (Å²) in [6.07, 6.45) is 6.12. The summed E-state index contributed by atoms with van der Waals surface area (Å²) in [5.41, 5.74) is 0.186. The van der Waals surface area contributed by atoms with E-state index in [9.17, 15) is 8.78 Å². The van der Waals surface area contributed by atoms with Crippen molar-refractivity contribution in [2.45, 2.75) is 45.1 Å². The maximum Gasteiger partial charge on any atom is 0.170 e. The molecule has 0 amide bonds. The van der Waals surface area contributed by atoms with Crippen molar-refractivity contribution >= 4 is 23.0 Å². The number of benzene rings is 1. The van der Waals surface area contributed by atoms with Crippen LogP contribution in [0.25, 0.3) is 0 Å². The van der Waals surface area contributed by atoms with Crippen molar-refractivity contribution in [1.82, 2.24) is 10.2 Å². The number of nitrogens with zero attached hydrogens (tertiary/aromatic N) is 1. The maximum absolute atomic E-state index is 13.5. The molecule has 1 aromatic carbocycles. The van der Waals surface area contributed by atoms with E-state index >= 15 is 0 Å². The quantitative estimate of drug-likeness (QED) is 0.606. The molecule has 1 aliphatic heterocycles. The fraction of sp³-hybridized carbons (Fsp3) is 0.588. The van der Waals surface area contributed by atoms with Gasteiger partial charge in [0.05, 0.1) is 5.69 Å². The minimum atomic E-state index is -0.645. The van der Waals surface area contributed by atoms with Gasteiger partial charge in [0, 0.05) is 25.2 Å². The van der Waals surface area contributed by atoms with Crippen molar-refractivity contribution in [1.29, 1.82) is 0 Å². The summed E-state index contributed by atoms with van der Waals surface area (Å²) in [6, 6.07) is 4.10. The lowest BCUT2D eigenvalue weighted by Gasteiger charge is -2.35. The first-order chi connectivity index (χ1) is 11.1. The van der Waals surface area contributed by atoms with Crippen LogP contribution in [0.2, 0.25) is 0 Å². The van der Waals surface area contributed by atoms with Crippen LogP contribution in [-0.2, 0) is 0 Å². The Morgan fingerprint density at radius 2 is 2.17 bits per heavy atom. The highest BCUT2D eigenvalue weighted by molar-refractivity contribution is 7.80. The zero-order valence-electron chi connectivity index (χ0n) is 13.6. The Morgan fingerprint density at radius 3 is 2.91 bits per heavy atom.